The standard InChI is InChI=1S/C10H11N2O2/c1-8(2)11-7-9-4-3-5-10(6-9)12(13)14/h3-6,11H,1-2,7H2. The first-order chi connectivity index (χ1) is 6.59. The average Bonchev–Trinajstić information content (AvgIpc) is 2.15. The molecule has 4 heteroatoms. The van der Waals surface area contributed by atoms with Crippen LogP contribution < -0.4 is 5.32 Å². The van der Waals surface area contributed by atoms with E-state index in [0.29, 0.717) is 12.2 Å². The van der Waals surface area contributed by atoms with E-state index in [1.165, 1.54) is 12.1 Å². The second-order valence-electron chi connectivity index (χ2n) is 2.88. The van der Waals surface area contributed by atoms with E-state index < -0.39 is 4.92 Å². The fraction of sp³-hybridized carbons (Fsp3) is 0.100. The number of non-ortho nitro benzene ring substituents is 1. The van der Waals surface area contributed by atoms with Gasteiger partial charge in [0.25, 0.3) is 5.69 Å². The van der Waals surface area contributed by atoms with Crippen molar-refractivity contribution >= 4 is 5.69 Å². The van der Waals surface area contributed by atoms with Gasteiger partial charge in [0.15, 0.2) is 0 Å². The number of hydrogen-bond acceptors (Lipinski definition) is 3. The molecule has 0 bridgehead atoms. The van der Waals surface area contributed by atoms with Gasteiger partial charge < -0.3 is 5.32 Å². The van der Waals surface area contributed by atoms with Gasteiger partial charge in [-0.1, -0.05) is 18.7 Å². The summed E-state index contributed by atoms with van der Waals surface area (Å²) in [5.41, 5.74) is 1.53. The molecule has 73 valence electrons. The molecule has 0 spiro atoms. The van der Waals surface area contributed by atoms with E-state index in [1.54, 1.807) is 6.07 Å². The summed E-state index contributed by atoms with van der Waals surface area (Å²) in [7, 11) is 0. The Kier molecular flexibility index (Phi) is 3.23. The van der Waals surface area contributed by atoms with Gasteiger partial charge in [-0.25, -0.2) is 0 Å². The Bertz CT molecular complexity index is 361. The molecule has 14 heavy (non-hydrogen) atoms. The van der Waals surface area contributed by atoms with Crippen LogP contribution in [0.15, 0.2) is 36.5 Å². The van der Waals surface area contributed by atoms with Gasteiger partial charge in [0.2, 0.25) is 0 Å². The largest absolute Gasteiger partial charge is 0.385 e. The molecule has 1 aromatic rings. The number of nitrogens with zero attached hydrogens (tertiary/aromatic N) is 1. The molecule has 0 amide bonds. The SMILES string of the molecule is [CH2]C(=C)NCc1cccc([N+](=O)[O-])c1. The van der Waals surface area contributed by atoms with E-state index in [-0.39, 0.29) is 5.69 Å². The minimum Gasteiger partial charge on any atom is -0.385 e. The van der Waals surface area contributed by atoms with Crippen LogP contribution in [0.1, 0.15) is 5.56 Å². The topological polar surface area (TPSA) is 55.2 Å². The third-order valence-electron chi connectivity index (χ3n) is 1.66. The van der Waals surface area contributed by atoms with E-state index >= 15 is 0 Å². The van der Waals surface area contributed by atoms with Crippen molar-refractivity contribution < 1.29 is 4.92 Å². The monoisotopic (exact) mass is 191 g/mol. The lowest BCUT2D eigenvalue weighted by Gasteiger charge is -2.04. The molecular weight excluding hydrogens is 180 g/mol. The highest BCUT2D eigenvalue weighted by Crippen LogP contribution is 2.12. The lowest BCUT2D eigenvalue weighted by Crippen LogP contribution is -2.09. The third kappa shape index (κ3) is 2.90. The quantitative estimate of drug-likeness (QED) is 0.585. The number of allylic oxidation sites excluding steroid dienone is 1. The minimum absolute atomic E-state index is 0.0963. The van der Waals surface area contributed by atoms with E-state index in [0.717, 1.165) is 5.56 Å². The Balaban J connectivity index is 2.73. The predicted octanol–water partition coefficient (Wildman–Crippen LogP) is 2.03. The summed E-state index contributed by atoms with van der Waals surface area (Å²) in [6.07, 6.45) is 0. The number of nitro groups is 1. The fourth-order valence-corrected chi connectivity index (χ4v) is 1.01. The van der Waals surface area contributed by atoms with Gasteiger partial charge in [0, 0.05) is 24.4 Å². The van der Waals surface area contributed by atoms with Gasteiger partial charge >= 0.3 is 0 Å². The van der Waals surface area contributed by atoms with Crippen LogP contribution in [-0.2, 0) is 6.54 Å². The second kappa shape index (κ2) is 4.41. The Morgan fingerprint density at radius 3 is 2.86 bits per heavy atom. The van der Waals surface area contributed by atoms with Crippen molar-refractivity contribution in [3.05, 3.63) is 59.1 Å². The number of nitro benzene ring substituents is 1. The number of benzene rings is 1. The summed E-state index contributed by atoms with van der Waals surface area (Å²) in [6.45, 7) is 7.65. The van der Waals surface area contributed by atoms with Gasteiger partial charge in [-0.15, -0.1) is 0 Å². The molecule has 0 saturated carbocycles. The molecule has 1 radical (unpaired) electrons. The zero-order valence-corrected chi connectivity index (χ0v) is 7.69. The zero-order valence-electron chi connectivity index (χ0n) is 7.69. The summed E-state index contributed by atoms with van der Waals surface area (Å²) < 4.78 is 0. The first kappa shape index (κ1) is 10.2. The Hall–Kier alpha value is -1.84. The molecule has 0 unspecified atom stereocenters. The second-order valence-corrected chi connectivity index (χ2v) is 2.88. The summed E-state index contributed by atoms with van der Waals surface area (Å²) in [5.74, 6) is 0. The number of hydrogen-bond donors (Lipinski definition) is 1. The first-order valence-electron chi connectivity index (χ1n) is 4.07. The van der Waals surface area contributed by atoms with Crippen LogP contribution >= 0.6 is 0 Å². The van der Waals surface area contributed by atoms with Crippen LogP contribution in [0.4, 0.5) is 5.69 Å². The van der Waals surface area contributed by atoms with E-state index in [4.69, 9.17) is 0 Å². The maximum absolute atomic E-state index is 10.4. The predicted molar refractivity (Wildman–Crippen MR) is 54.4 cm³/mol. The van der Waals surface area contributed by atoms with Crippen molar-refractivity contribution in [3.63, 3.8) is 0 Å². The van der Waals surface area contributed by atoms with Crippen molar-refractivity contribution in [1.29, 1.82) is 0 Å². The molecule has 0 heterocycles. The molecule has 0 aliphatic heterocycles. The number of nitrogens with one attached hydrogen (secondary N) is 1. The minimum atomic E-state index is -0.414. The molecule has 1 aromatic carbocycles. The lowest BCUT2D eigenvalue weighted by molar-refractivity contribution is -0.384. The van der Waals surface area contributed by atoms with Crippen LogP contribution in [0.3, 0.4) is 0 Å². The van der Waals surface area contributed by atoms with Crippen LogP contribution in [-0.4, -0.2) is 4.92 Å². The van der Waals surface area contributed by atoms with Crippen LogP contribution in [0.5, 0.6) is 0 Å². The van der Waals surface area contributed by atoms with Crippen molar-refractivity contribution in [2.24, 2.45) is 0 Å². The van der Waals surface area contributed by atoms with Gasteiger partial charge in [-0.3, -0.25) is 10.1 Å². The highest BCUT2D eigenvalue weighted by molar-refractivity contribution is 5.34. The fourth-order valence-electron chi connectivity index (χ4n) is 1.01. The Morgan fingerprint density at radius 2 is 2.29 bits per heavy atom. The molecule has 0 aliphatic rings. The molecular formula is C10H11N2O2. The molecule has 0 saturated heterocycles. The Morgan fingerprint density at radius 1 is 1.57 bits per heavy atom. The lowest BCUT2D eigenvalue weighted by atomic mass is 10.2. The molecule has 1 rings (SSSR count). The van der Waals surface area contributed by atoms with Gasteiger partial charge in [0.1, 0.15) is 0 Å². The van der Waals surface area contributed by atoms with Crippen molar-refractivity contribution in [2.75, 3.05) is 0 Å². The van der Waals surface area contributed by atoms with Gasteiger partial charge in [0.05, 0.1) is 4.92 Å². The smallest absolute Gasteiger partial charge is 0.269 e. The molecule has 0 atom stereocenters. The summed E-state index contributed by atoms with van der Waals surface area (Å²) in [4.78, 5) is 10.0. The summed E-state index contributed by atoms with van der Waals surface area (Å²) in [5, 5.41) is 13.3. The molecule has 0 aliphatic carbocycles. The average molecular weight is 191 g/mol. The maximum Gasteiger partial charge on any atom is 0.269 e. The van der Waals surface area contributed by atoms with Crippen LogP contribution in [0.25, 0.3) is 0 Å². The Labute approximate surface area is 82.4 Å². The third-order valence-corrected chi connectivity index (χ3v) is 1.66. The van der Waals surface area contributed by atoms with E-state index in [1.807, 2.05) is 6.07 Å². The number of rotatable bonds is 4. The highest BCUT2D eigenvalue weighted by atomic mass is 16.6. The molecule has 0 fully saturated rings. The van der Waals surface area contributed by atoms with Crippen molar-refractivity contribution in [1.82, 2.24) is 5.32 Å². The zero-order chi connectivity index (χ0) is 10.6. The van der Waals surface area contributed by atoms with Crippen molar-refractivity contribution in [2.45, 2.75) is 6.54 Å². The summed E-state index contributed by atoms with van der Waals surface area (Å²) >= 11 is 0. The van der Waals surface area contributed by atoms with Crippen LogP contribution in [0, 0.1) is 17.0 Å². The van der Waals surface area contributed by atoms with Crippen molar-refractivity contribution in [3.8, 4) is 0 Å². The normalized spacial score (nSPS) is 9.50. The maximum atomic E-state index is 10.4. The first-order valence-corrected chi connectivity index (χ1v) is 4.07. The summed E-state index contributed by atoms with van der Waals surface area (Å²) in [6, 6.07) is 6.45. The molecule has 0 aromatic heterocycles. The van der Waals surface area contributed by atoms with E-state index in [9.17, 15) is 10.1 Å². The molecule has 4 nitrogen and oxygen atoms in total. The van der Waals surface area contributed by atoms with Gasteiger partial charge in [-0.05, 0) is 12.5 Å². The van der Waals surface area contributed by atoms with E-state index in [2.05, 4.69) is 18.8 Å². The molecule has 1 N–H and O–H groups in total. The van der Waals surface area contributed by atoms with Crippen LogP contribution in [0.2, 0.25) is 0 Å². The highest BCUT2D eigenvalue weighted by Gasteiger charge is 2.04. The van der Waals surface area contributed by atoms with Gasteiger partial charge in [-0.2, -0.15) is 0 Å².